The molecule has 0 atom stereocenters. The smallest absolute Gasteiger partial charge is 0.410 e. The summed E-state index contributed by atoms with van der Waals surface area (Å²) in [6.07, 6.45) is 4.03. The van der Waals surface area contributed by atoms with Crippen molar-refractivity contribution in [1.82, 2.24) is 29.4 Å². The molecule has 0 radical (unpaired) electrons. The number of rotatable bonds is 34. The first-order valence-electron chi connectivity index (χ1n) is 31.8. The van der Waals surface area contributed by atoms with E-state index >= 15 is 0 Å². The van der Waals surface area contributed by atoms with Gasteiger partial charge in [-0.25, -0.2) is 19.2 Å². The van der Waals surface area contributed by atoms with E-state index in [9.17, 15) is 33.9 Å². The van der Waals surface area contributed by atoms with E-state index in [2.05, 4.69) is 0 Å². The molecule has 0 bridgehead atoms. The van der Waals surface area contributed by atoms with Crippen LogP contribution in [-0.4, -0.2) is 152 Å². The molecule has 17 nitrogen and oxygen atoms in total. The van der Waals surface area contributed by atoms with E-state index in [-0.39, 0.29) is 63.0 Å². The lowest BCUT2D eigenvalue weighted by atomic mass is 10.1. The van der Waals surface area contributed by atoms with Gasteiger partial charge in [-0.2, -0.15) is 0 Å². The van der Waals surface area contributed by atoms with E-state index in [0.717, 1.165) is 35.1 Å². The van der Waals surface area contributed by atoms with E-state index in [4.69, 9.17) is 18.9 Å². The summed E-state index contributed by atoms with van der Waals surface area (Å²) < 4.78 is 23.1. The Kier molecular flexibility index (Phi) is 30.8. The number of unbranched alkanes of at least 4 members (excludes halogenated alkanes) is 6. The SMILES string of the molecule is CC(C)(C)OC(=O)N(CCCCCN(Cc1ccccc1)C(=O)OC(C)(C)C)CCCCC(=O)N(Cc1ccccc1)CC(O)CN(Cc1ccccc1)C(=O)CCCCN(CCCCCN(Cc1ccccc1)C(=O)OC(C)(C)C)C(=O)OC(C)(C)C. The van der Waals surface area contributed by atoms with Gasteiger partial charge in [-0.05, 0) is 170 Å². The lowest BCUT2D eigenvalue weighted by Crippen LogP contribution is -2.44. The van der Waals surface area contributed by atoms with Gasteiger partial charge in [-0.3, -0.25) is 9.59 Å². The van der Waals surface area contributed by atoms with Crippen LogP contribution in [0.25, 0.3) is 0 Å². The molecule has 0 heterocycles. The third-order valence-corrected chi connectivity index (χ3v) is 13.9. The van der Waals surface area contributed by atoms with Gasteiger partial charge in [-0.1, -0.05) is 121 Å². The van der Waals surface area contributed by atoms with Crippen LogP contribution in [0, 0.1) is 0 Å². The normalized spacial score (nSPS) is 11.8. The molecular weight excluding hydrogens is 1110 g/mol. The first-order valence-corrected chi connectivity index (χ1v) is 31.8. The molecule has 0 spiro atoms. The van der Waals surface area contributed by atoms with Crippen LogP contribution in [0.3, 0.4) is 0 Å². The van der Waals surface area contributed by atoms with Gasteiger partial charge in [0.1, 0.15) is 22.4 Å². The zero-order chi connectivity index (χ0) is 64.8. The average molecular weight is 1220 g/mol. The molecule has 6 amide bonds. The fourth-order valence-corrected chi connectivity index (χ4v) is 9.69. The second kappa shape index (κ2) is 37.0. The van der Waals surface area contributed by atoms with Crippen molar-refractivity contribution >= 4 is 36.2 Å². The molecule has 17 heteroatoms. The summed E-state index contributed by atoms with van der Waals surface area (Å²) in [6.45, 7) is 26.1. The molecular formula is C71H106N6O11. The van der Waals surface area contributed by atoms with Gasteiger partial charge in [0.05, 0.1) is 6.10 Å². The lowest BCUT2D eigenvalue weighted by Gasteiger charge is -2.30. The van der Waals surface area contributed by atoms with Crippen LogP contribution in [0.2, 0.25) is 0 Å². The van der Waals surface area contributed by atoms with Crippen molar-refractivity contribution < 1.29 is 52.8 Å². The molecule has 0 saturated heterocycles. The Morgan fingerprint density at radius 1 is 0.318 bits per heavy atom. The van der Waals surface area contributed by atoms with Crippen LogP contribution in [0.4, 0.5) is 19.2 Å². The fourth-order valence-electron chi connectivity index (χ4n) is 9.69. The van der Waals surface area contributed by atoms with Crippen LogP contribution in [0.15, 0.2) is 121 Å². The van der Waals surface area contributed by atoms with Crippen molar-refractivity contribution in [1.29, 1.82) is 0 Å². The topological polar surface area (TPSA) is 179 Å². The third-order valence-electron chi connectivity index (χ3n) is 13.9. The molecule has 0 saturated carbocycles. The molecule has 4 rings (SSSR count). The molecule has 4 aromatic carbocycles. The van der Waals surface area contributed by atoms with E-state index in [0.29, 0.717) is 104 Å². The number of carbonyl (C=O) groups is 6. The number of hydrogen-bond donors (Lipinski definition) is 1. The highest BCUT2D eigenvalue weighted by Gasteiger charge is 2.28. The van der Waals surface area contributed by atoms with Gasteiger partial charge in [0.2, 0.25) is 11.8 Å². The summed E-state index contributed by atoms with van der Waals surface area (Å²) in [7, 11) is 0. The maximum atomic E-state index is 14.2. The van der Waals surface area contributed by atoms with Crippen LogP contribution >= 0.6 is 0 Å². The van der Waals surface area contributed by atoms with E-state index in [1.54, 1.807) is 29.4 Å². The number of nitrogens with zero attached hydrogens (tertiary/aromatic N) is 6. The number of aliphatic hydroxyl groups is 1. The number of benzene rings is 4. The Hall–Kier alpha value is -7.14. The Morgan fingerprint density at radius 3 is 0.784 bits per heavy atom. The van der Waals surface area contributed by atoms with Gasteiger partial charge in [-0.15, -0.1) is 0 Å². The highest BCUT2D eigenvalue weighted by atomic mass is 16.6. The highest BCUT2D eigenvalue weighted by Crippen LogP contribution is 2.20. The summed E-state index contributed by atoms with van der Waals surface area (Å²) in [5.41, 5.74) is 1.14. The minimum atomic E-state index is -1.07. The van der Waals surface area contributed by atoms with Gasteiger partial charge in [0.25, 0.3) is 0 Å². The number of hydrogen-bond acceptors (Lipinski definition) is 11. The molecule has 0 aliphatic heterocycles. The predicted molar refractivity (Wildman–Crippen MR) is 347 cm³/mol. The van der Waals surface area contributed by atoms with Gasteiger partial charge in [0.15, 0.2) is 0 Å². The number of ether oxygens (including phenoxy) is 4. The van der Waals surface area contributed by atoms with Crippen LogP contribution in [0.5, 0.6) is 0 Å². The summed E-state index contributed by atoms with van der Waals surface area (Å²) in [5, 5.41) is 11.9. The Labute approximate surface area is 527 Å². The minimum absolute atomic E-state index is 0.00998. The zero-order valence-corrected chi connectivity index (χ0v) is 55.3. The third kappa shape index (κ3) is 31.7. The molecule has 0 aromatic heterocycles. The van der Waals surface area contributed by atoms with E-state index in [1.807, 2.05) is 204 Å². The first kappa shape index (κ1) is 73.3. The number of amides is 6. The molecule has 0 aliphatic rings. The first-order chi connectivity index (χ1) is 41.5. The Morgan fingerprint density at radius 2 is 0.534 bits per heavy atom. The molecule has 0 aliphatic carbocycles. The zero-order valence-electron chi connectivity index (χ0n) is 55.3. The van der Waals surface area contributed by atoms with Crippen LogP contribution in [0.1, 0.15) is 182 Å². The standard InChI is InChI=1S/C71H106N6O11/c1-68(2,3)85-64(81)72(45-29-17-31-49-74(66(83)87-70(7,8)9)51-57-35-19-13-20-36-57)47-33-27-43-62(79)76(53-59-39-23-15-24-40-59)55-61(78)56-77(54-60-41-25-16-26-42-60)63(80)44-28-34-48-73(65(82)86-69(4,5)6)46-30-18-32-50-75(67(84)88-71(10,11)12)52-58-37-21-14-22-38-58/h13-16,19-26,35-42,61,78H,17-18,27-34,43-56H2,1-12H3. The van der Waals surface area contributed by atoms with Gasteiger partial charge in [0, 0.05) is 91.4 Å². The largest absolute Gasteiger partial charge is 0.444 e. The summed E-state index contributed by atoms with van der Waals surface area (Å²) in [5.74, 6) is -0.309. The van der Waals surface area contributed by atoms with Crippen molar-refractivity contribution in [3.8, 4) is 0 Å². The average Bonchev–Trinajstić information content (AvgIpc) is 3.60. The monoisotopic (exact) mass is 1220 g/mol. The highest BCUT2D eigenvalue weighted by molar-refractivity contribution is 5.77. The summed E-state index contributed by atoms with van der Waals surface area (Å²) in [4.78, 5) is 92.2. The van der Waals surface area contributed by atoms with E-state index < -0.39 is 40.7 Å². The van der Waals surface area contributed by atoms with Crippen molar-refractivity contribution in [2.45, 2.75) is 215 Å². The molecule has 0 unspecified atom stereocenters. The lowest BCUT2D eigenvalue weighted by molar-refractivity contribution is -0.135. The maximum Gasteiger partial charge on any atom is 0.410 e. The molecule has 88 heavy (non-hydrogen) atoms. The molecule has 486 valence electrons. The minimum Gasteiger partial charge on any atom is -0.444 e. The second-order valence-electron chi connectivity index (χ2n) is 26.9. The Balaban J connectivity index is 1.36. The fraction of sp³-hybridized carbons (Fsp3) is 0.577. The van der Waals surface area contributed by atoms with Crippen molar-refractivity contribution in [3.63, 3.8) is 0 Å². The van der Waals surface area contributed by atoms with Crippen molar-refractivity contribution in [2.75, 3.05) is 52.4 Å². The molecule has 4 aromatic rings. The second-order valence-corrected chi connectivity index (χ2v) is 26.9. The molecule has 0 fully saturated rings. The van der Waals surface area contributed by atoms with E-state index in [1.165, 1.54) is 0 Å². The quantitative estimate of drug-likeness (QED) is 0.0347. The maximum absolute atomic E-state index is 14.2. The van der Waals surface area contributed by atoms with Crippen molar-refractivity contribution in [3.05, 3.63) is 144 Å². The number of carbonyl (C=O) groups excluding carboxylic acids is 6. The van der Waals surface area contributed by atoms with Gasteiger partial charge < -0.3 is 53.5 Å². The molecule has 1 N–H and O–H groups in total. The van der Waals surface area contributed by atoms with Crippen LogP contribution < -0.4 is 0 Å². The summed E-state index contributed by atoms with van der Waals surface area (Å²) in [6, 6.07) is 38.8. The predicted octanol–water partition coefficient (Wildman–Crippen LogP) is 14.4. The van der Waals surface area contributed by atoms with Crippen LogP contribution in [-0.2, 0) is 54.7 Å². The van der Waals surface area contributed by atoms with Crippen molar-refractivity contribution in [2.24, 2.45) is 0 Å². The Bertz CT molecular complexity index is 2490. The number of aliphatic hydroxyl groups excluding tert-OH is 1. The van der Waals surface area contributed by atoms with Gasteiger partial charge >= 0.3 is 24.4 Å². The summed E-state index contributed by atoms with van der Waals surface area (Å²) >= 11 is 0.